The first-order chi connectivity index (χ1) is 7.83. The van der Waals surface area contributed by atoms with Gasteiger partial charge < -0.3 is 20.2 Å². The normalized spacial score (nSPS) is 18.0. The van der Waals surface area contributed by atoms with Crippen LogP contribution in [0.2, 0.25) is 0 Å². The number of aliphatic hydroxyl groups excluding tert-OH is 1. The Morgan fingerprint density at radius 3 is 2.75 bits per heavy atom. The number of aliphatic hydroxyl groups is 1. The minimum atomic E-state index is 0.274. The lowest BCUT2D eigenvalue weighted by molar-refractivity contribution is 0.201. The van der Waals surface area contributed by atoms with Crippen LogP contribution in [0.5, 0.6) is 0 Å². The lowest BCUT2D eigenvalue weighted by Gasteiger charge is -2.29. The molecular weight excluding hydrogens is 208 g/mol. The predicted octanol–water partition coefficient (Wildman–Crippen LogP) is -0.221. The fourth-order valence-corrected chi connectivity index (χ4v) is 1.90. The fraction of sp³-hybridized carbons (Fsp3) is 0.800. The molecule has 0 atom stereocenters. The Kier molecular flexibility index (Phi) is 3.74. The molecule has 0 saturated carbocycles. The van der Waals surface area contributed by atoms with Gasteiger partial charge >= 0.3 is 6.01 Å². The number of nitrogens with zero attached hydrogens (tertiary/aromatic N) is 3. The molecule has 1 aliphatic heterocycles. The molecule has 1 aliphatic rings. The van der Waals surface area contributed by atoms with Gasteiger partial charge in [0, 0.05) is 32.7 Å². The number of hydrogen-bond donors (Lipinski definition) is 2. The van der Waals surface area contributed by atoms with Gasteiger partial charge in [0.25, 0.3) is 0 Å². The van der Waals surface area contributed by atoms with Crippen molar-refractivity contribution in [3.05, 3.63) is 5.89 Å². The Bertz CT molecular complexity index is 320. The lowest BCUT2D eigenvalue weighted by Crippen LogP contribution is -2.34. The first-order valence-electron chi connectivity index (χ1n) is 5.71. The van der Waals surface area contributed by atoms with E-state index in [1.165, 1.54) is 0 Å². The van der Waals surface area contributed by atoms with Crippen LogP contribution in [-0.2, 0) is 6.42 Å². The standard InChI is InChI=1S/C10H18N4O2/c11-4-1-9-12-13-10(16-9)14-5-2-8(7-15)3-6-14/h8,15H,1-7,11H2. The maximum Gasteiger partial charge on any atom is 0.318 e. The molecule has 3 N–H and O–H groups in total. The van der Waals surface area contributed by atoms with Crippen molar-refractivity contribution in [2.75, 3.05) is 31.1 Å². The highest BCUT2D eigenvalue weighted by Gasteiger charge is 2.22. The summed E-state index contributed by atoms with van der Waals surface area (Å²) in [5.74, 6) is 1.02. The van der Waals surface area contributed by atoms with Crippen LogP contribution in [0, 0.1) is 5.92 Å². The van der Waals surface area contributed by atoms with Gasteiger partial charge in [-0.05, 0) is 18.8 Å². The van der Waals surface area contributed by atoms with Crippen LogP contribution < -0.4 is 10.6 Å². The Morgan fingerprint density at radius 1 is 1.38 bits per heavy atom. The first-order valence-corrected chi connectivity index (χ1v) is 5.71. The summed E-state index contributed by atoms with van der Waals surface area (Å²) < 4.78 is 5.49. The maximum absolute atomic E-state index is 9.04. The Hall–Kier alpha value is -1.14. The van der Waals surface area contributed by atoms with Crippen molar-refractivity contribution in [1.29, 1.82) is 0 Å². The van der Waals surface area contributed by atoms with Crippen LogP contribution in [0.25, 0.3) is 0 Å². The second-order valence-electron chi connectivity index (χ2n) is 4.13. The summed E-state index contributed by atoms with van der Waals surface area (Å²) in [6.45, 7) is 2.54. The summed E-state index contributed by atoms with van der Waals surface area (Å²) in [5, 5.41) is 17.0. The number of piperidine rings is 1. The topological polar surface area (TPSA) is 88.4 Å². The van der Waals surface area contributed by atoms with Crippen molar-refractivity contribution in [3.8, 4) is 0 Å². The van der Waals surface area contributed by atoms with Gasteiger partial charge in [-0.1, -0.05) is 5.10 Å². The Balaban J connectivity index is 1.92. The summed E-state index contributed by atoms with van der Waals surface area (Å²) in [4.78, 5) is 2.07. The zero-order valence-electron chi connectivity index (χ0n) is 9.30. The first kappa shape index (κ1) is 11.3. The molecular formula is C10H18N4O2. The van der Waals surface area contributed by atoms with Gasteiger partial charge in [-0.25, -0.2) is 0 Å². The summed E-state index contributed by atoms with van der Waals surface area (Å²) >= 11 is 0. The van der Waals surface area contributed by atoms with Crippen LogP contribution >= 0.6 is 0 Å². The molecule has 0 aliphatic carbocycles. The number of hydrogen-bond acceptors (Lipinski definition) is 6. The molecule has 0 bridgehead atoms. The van der Waals surface area contributed by atoms with Gasteiger partial charge in [0.2, 0.25) is 5.89 Å². The van der Waals surface area contributed by atoms with Gasteiger partial charge in [-0.15, -0.1) is 5.10 Å². The van der Waals surface area contributed by atoms with E-state index in [1.807, 2.05) is 0 Å². The van der Waals surface area contributed by atoms with E-state index in [4.69, 9.17) is 15.3 Å². The molecule has 1 aromatic rings. The van der Waals surface area contributed by atoms with Gasteiger partial charge in [-0.2, -0.15) is 0 Å². The third-order valence-corrected chi connectivity index (χ3v) is 2.96. The van der Waals surface area contributed by atoms with Gasteiger partial charge in [0.1, 0.15) is 0 Å². The maximum atomic E-state index is 9.04. The van der Waals surface area contributed by atoms with Crippen LogP contribution in [0.15, 0.2) is 4.42 Å². The van der Waals surface area contributed by atoms with E-state index >= 15 is 0 Å². The number of nitrogens with two attached hydrogens (primary N) is 1. The minimum absolute atomic E-state index is 0.274. The van der Waals surface area contributed by atoms with E-state index in [0.717, 1.165) is 25.9 Å². The Labute approximate surface area is 94.4 Å². The molecule has 0 aromatic carbocycles. The Morgan fingerprint density at radius 2 is 2.12 bits per heavy atom. The monoisotopic (exact) mass is 226 g/mol. The SMILES string of the molecule is NCCc1nnc(N2CCC(CO)CC2)o1. The third-order valence-electron chi connectivity index (χ3n) is 2.96. The quantitative estimate of drug-likeness (QED) is 0.738. The molecule has 1 aromatic heterocycles. The average Bonchev–Trinajstić information content (AvgIpc) is 2.78. The van der Waals surface area contributed by atoms with Crippen LogP contribution in [0.1, 0.15) is 18.7 Å². The zero-order valence-corrected chi connectivity index (χ0v) is 9.30. The number of anilines is 1. The van der Waals surface area contributed by atoms with Crippen molar-refractivity contribution >= 4 is 6.01 Å². The molecule has 0 radical (unpaired) electrons. The largest absolute Gasteiger partial charge is 0.408 e. The summed E-state index contributed by atoms with van der Waals surface area (Å²) in [7, 11) is 0. The molecule has 90 valence electrons. The highest BCUT2D eigenvalue weighted by atomic mass is 16.4. The predicted molar refractivity (Wildman–Crippen MR) is 59.1 cm³/mol. The van der Waals surface area contributed by atoms with Crippen LogP contribution in [0.3, 0.4) is 0 Å². The molecule has 2 rings (SSSR count). The highest BCUT2D eigenvalue weighted by molar-refractivity contribution is 5.24. The zero-order chi connectivity index (χ0) is 11.4. The number of rotatable bonds is 4. The molecule has 0 spiro atoms. The molecule has 6 heteroatoms. The number of aromatic nitrogens is 2. The fourth-order valence-electron chi connectivity index (χ4n) is 1.90. The van der Waals surface area contributed by atoms with E-state index in [0.29, 0.717) is 30.8 Å². The smallest absolute Gasteiger partial charge is 0.318 e. The van der Waals surface area contributed by atoms with Gasteiger partial charge in [0.15, 0.2) is 0 Å². The molecule has 0 amide bonds. The van der Waals surface area contributed by atoms with E-state index in [9.17, 15) is 0 Å². The van der Waals surface area contributed by atoms with Crippen LogP contribution in [-0.4, -0.2) is 41.5 Å². The second kappa shape index (κ2) is 5.27. The molecule has 1 fully saturated rings. The second-order valence-corrected chi connectivity index (χ2v) is 4.13. The van der Waals surface area contributed by atoms with Gasteiger partial charge in [-0.3, -0.25) is 0 Å². The van der Waals surface area contributed by atoms with Crippen molar-refractivity contribution in [2.45, 2.75) is 19.3 Å². The van der Waals surface area contributed by atoms with Crippen molar-refractivity contribution in [3.63, 3.8) is 0 Å². The van der Waals surface area contributed by atoms with E-state index in [1.54, 1.807) is 0 Å². The molecule has 2 heterocycles. The highest BCUT2D eigenvalue weighted by Crippen LogP contribution is 2.21. The van der Waals surface area contributed by atoms with Crippen molar-refractivity contribution < 1.29 is 9.52 Å². The van der Waals surface area contributed by atoms with E-state index in [-0.39, 0.29) is 6.61 Å². The van der Waals surface area contributed by atoms with E-state index in [2.05, 4.69) is 15.1 Å². The minimum Gasteiger partial charge on any atom is -0.408 e. The third kappa shape index (κ3) is 2.51. The summed E-state index contributed by atoms with van der Waals surface area (Å²) in [6.07, 6.45) is 2.58. The molecule has 1 saturated heterocycles. The average molecular weight is 226 g/mol. The molecule has 0 unspecified atom stereocenters. The van der Waals surface area contributed by atoms with E-state index < -0.39 is 0 Å². The van der Waals surface area contributed by atoms with Crippen LogP contribution in [0.4, 0.5) is 6.01 Å². The van der Waals surface area contributed by atoms with Crippen molar-refractivity contribution in [2.24, 2.45) is 11.7 Å². The summed E-state index contributed by atoms with van der Waals surface area (Å²) in [5.41, 5.74) is 5.42. The van der Waals surface area contributed by atoms with Crippen molar-refractivity contribution in [1.82, 2.24) is 10.2 Å². The van der Waals surface area contributed by atoms with Gasteiger partial charge in [0.05, 0.1) is 0 Å². The molecule has 6 nitrogen and oxygen atoms in total. The lowest BCUT2D eigenvalue weighted by atomic mass is 9.98. The molecule has 16 heavy (non-hydrogen) atoms. The summed E-state index contributed by atoms with van der Waals surface area (Å²) in [6, 6.07) is 0.583.